The minimum Gasteiger partial charge on any atom is -0.384 e. The molecule has 19 heavy (non-hydrogen) atoms. The van der Waals surface area contributed by atoms with Crippen LogP contribution < -0.4 is 16.4 Å². The maximum Gasteiger partial charge on any atom is 0.250 e. The number of anilines is 1. The molecular formula is C13H21Cl2N3O. The third kappa shape index (κ3) is 5.27. The minimum absolute atomic E-state index is 0. The normalized spacial score (nSPS) is 17.8. The Bertz CT molecular complexity index is 395. The number of nitrogens with two attached hydrogens (primary N) is 1. The summed E-state index contributed by atoms with van der Waals surface area (Å²) in [5, 5.41) is 6.70. The molecule has 1 fully saturated rings. The Labute approximate surface area is 126 Å². The number of nitrogens with one attached hydrogen (secondary N) is 2. The quantitative estimate of drug-likeness (QED) is 0.797. The van der Waals surface area contributed by atoms with Crippen LogP contribution in [0, 0.1) is 5.92 Å². The molecule has 0 saturated carbocycles. The number of rotatable bonds is 4. The van der Waals surface area contributed by atoms with Crippen molar-refractivity contribution in [2.75, 3.05) is 25.0 Å². The molecule has 2 rings (SSSR count). The van der Waals surface area contributed by atoms with Gasteiger partial charge in [0.1, 0.15) is 0 Å². The lowest BCUT2D eigenvalue weighted by atomic mass is 9.99. The summed E-state index contributed by atoms with van der Waals surface area (Å²) in [7, 11) is 0. The van der Waals surface area contributed by atoms with E-state index < -0.39 is 0 Å². The number of primary amides is 1. The van der Waals surface area contributed by atoms with E-state index in [1.54, 1.807) is 6.07 Å². The van der Waals surface area contributed by atoms with E-state index >= 15 is 0 Å². The predicted molar refractivity (Wildman–Crippen MR) is 83.5 cm³/mol. The Morgan fingerprint density at radius 2 is 2.11 bits per heavy atom. The number of carbonyl (C=O) groups excluding carboxylic acids is 1. The minimum atomic E-state index is -0.380. The van der Waals surface area contributed by atoms with Crippen LogP contribution in [0.3, 0.4) is 0 Å². The highest BCUT2D eigenvalue weighted by atomic mass is 35.5. The van der Waals surface area contributed by atoms with Crippen LogP contribution in [0.15, 0.2) is 24.3 Å². The summed E-state index contributed by atoms with van der Waals surface area (Å²) in [6.07, 6.45) is 2.46. The molecule has 0 aliphatic carbocycles. The molecule has 1 saturated heterocycles. The Balaban J connectivity index is 0.00000162. The van der Waals surface area contributed by atoms with Gasteiger partial charge in [0.25, 0.3) is 5.91 Å². The highest BCUT2D eigenvalue weighted by Gasteiger charge is 2.13. The van der Waals surface area contributed by atoms with Crippen LogP contribution in [0.2, 0.25) is 0 Å². The average Bonchev–Trinajstić information content (AvgIpc) is 2.38. The summed E-state index contributed by atoms with van der Waals surface area (Å²) in [5.41, 5.74) is 6.74. The molecule has 0 radical (unpaired) electrons. The van der Waals surface area contributed by atoms with Gasteiger partial charge in [-0.05, 0) is 44.0 Å². The number of halogens is 2. The topological polar surface area (TPSA) is 67.2 Å². The highest BCUT2D eigenvalue weighted by molar-refractivity contribution is 5.98. The number of benzene rings is 1. The number of hydrogen-bond donors (Lipinski definition) is 3. The van der Waals surface area contributed by atoms with Crippen LogP contribution in [-0.2, 0) is 0 Å². The smallest absolute Gasteiger partial charge is 0.250 e. The van der Waals surface area contributed by atoms with E-state index in [2.05, 4.69) is 10.6 Å². The monoisotopic (exact) mass is 305 g/mol. The van der Waals surface area contributed by atoms with Crippen molar-refractivity contribution in [2.24, 2.45) is 11.7 Å². The van der Waals surface area contributed by atoms with E-state index in [1.165, 1.54) is 12.8 Å². The second-order valence-electron chi connectivity index (χ2n) is 4.50. The zero-order valence-corrected chi connectivity index (χ0v) is 12.4. The standard InChI is InChI=1S/C13H19N3O.2ClH/c14-13(17)11-5-1-2-6-12(11)16-9-10-4-3-7-15-8-10;;/h1-2,5-6,10,15-16H,3-4,7-9H2,(H2,14,17);2*1H. The first kappa shape index (κ1) is 18.0. The van der Waals surface area contributed by atoms with Gasteiger partial charge in [-0.3, -0.25) is 4.79 Å². The van der Waals surface area contributed by atoms with E-state index in [4.69, 9.17) is 5.73 Å². The molecule has 108 valence electrons. The largest absolute Gasteiger partial charge is 0.384 e. The molecule has 1 aromatic carbocycles. The molecule has 1 aliphatic heterocycles. The molecule has 0 spiro atoms. The molecule has 1 amide bonds. The third-order valence-corrected chi connectivity index (χ3v) is 3.17. The Morgan fingerprint density at radius 3 is 2.74 bits per heavy atom. The summed E-state index contributed by atoms with van der Waals surface area (Å²) in [5.74, 6) is 0.250. The summed E-state index contributed by atoms with van der Waals surface area (Å²) in [4.78, 5) is 11.2. The van der Waals surface area contributed by atoms with Crippen molar-refractivity contribution in [3.63, 3.8) is 0 Å². The van der Waals surface area contributed by atoms with Crippen molar-refractivity contribution in [1.82, 2.24) is 5.32 Å². The van der Waals surface area contributed by atoms with Crippen LogP contribution in [0.5, 0.6) is 0 Å². The molecule has 0 bridgehead atoms. The van der Waals surface area contributed by atoms with Gasteiger partial charge in [0, 0.05) is 12.2 Å². The van der Waals surface area contributed by atoms with Gasteiger partial charge in [-0.2, -0.15) is 0 Å². The van der Waals surface area contributed by atoms with Gasteiger partial charge in [-0.25, -0.2) is 0 Å². The molecule has 1 atom stereocenters. The molecule has 1 unspecified atom stereocenters. The van der Waals surface area contributed by atoms with Crippen LogP contribution in [-0.4, -0.2) is 25.5 Å². The first-order valence-corrected chi connectivity index (χ1v) is 6.11. The lowest BCUT2D eigenvalue weighted by Crippen LogP contribution is -2.33. The van der Waals surface area contributed by atoms with E-state index in [0.717, 1.165) is 25.3 Å². The fourth-order valence-corrected chi connectivity index (χ4v) is 2.20. The number of hydrogen-bond acceptors (Lipinski definition) is 3. The summed E-state index contributed by atoms with van der Waals surface area (Å²) >= 11 is 0. The number of para-hydroxylation sites is 1. The fraction of sp³-hybridized carbons (Fsp3) is 0.462. The van der Waals surface area contributed by atoms with Gasteiger partial charge < -0.3 is 16.4 Å². The first-order chi connectivity index (χ1) is 8.27. The van der Waals surface area contributed by atoms with Crippen LogP contribution in [0.1, 0.15) is 23.2 Å². The molecule has 1 heterocycles. The van der Waals surface area contributed by atoms with Crippen LogP contribution >= 0.6 is 24.8 Å². The van der Waals surface area contributed by atoms with E-state index in [0.29, 0.717) is 11.5 Å². The molecule has 4 N–H and O–H groups in total. The lowest BCUT2D eigenvalue weighted by molar-refractivity contribution is 0.100. The van der Waals surface area contributed by atoms with E-state index in [9.17, 15) is 4.79 Å². The number of carbonyl (C=O) groups is 1. The number of amides is 1. The van der Waals surface area contributed by atoms with Crippen molar-refractivity contribution in [3.05, 3.63) is 29.8 Å². The van der Waals surface area contributed by atoms with Crippen molar-refractivity contribution in [2.45, 2.75) is 12.8 Å². The second-order valence-corrected chi connectivity index (χ2v) is 4.50. The third-order valence-electron chi connectivity index (χ3n) is 3.17. The highest BCUT2D eigenvalue weighted by Crippen LogP contribution is 2.16. The maximum atomic E-state index is 11.2. The molecular weight excluding hydrogens is 285 g/mol. The maximum absolute atomic E-state index is 11.2. The molecule has 1 aliphatic rings. The van der Waals surface area contributed by atoms with Crippen LogP contribution in [0.4, 0.5) is 5.69 Å². The zero-order valence-electron chi connectivity index (χ0n) is 10.7. The first-order valence-electron chi connectivity index (χ1n) is 6.11. The number of piperidine rings is 1. The average molecular weight is 306 g/mol. The van der Waals surface area contributed by atoms with E-state index in [1.807, 2.05) is 18.2 Å². The van der Waals surface area contributed by atoms with Gasteiger partial charge in [0.05, 0.1) is 5.56 Å². The van der Waals surface area contributed by atoms with Crippen molar-refractivity contribution < 1.29 is 4.79 Å². The summed E-state index contributed by atoms with van der Waals surface area (Å²) in [6.45, 7) is 3.05. The van der Waals surface area contributed by atoms with Crippen LogP contribution in [0.25, 0.3) is 0 Å². The molecule has 4 nitrogen and oxygen atoms in total. The second kappa shape index (κ2) is 9.02. The van der Waals surface area contributed by atoms with Crippen molar-refractivity contribution in [3.8, 4) is 0 Å². The summed E-state index contributed by atoms with van der Waals surface area (Å²) < 4.78 is 0. The van der Waals surface area contributed by atoms with Crippen molar-refractivity contribution in [1.29, 1.82) is 0 Å². The predicted octanol–water partition coefficient (Wildman–Crippen LogP) is 2.04. The fourth-order valence-electron chi connectivity index (χ4n) is 2.20. The molecule has 6 heteroatoms. The molecule has 0 aromatic heterocycles. The van der Waals surface area contributed by atoms with Gasteiger partial charge >= 0.3 is 0 Å². The van der Waals surface area contributed by atoms with E-state index in [-0.39, 0.29) is 30.7 Å². The van der Waals surface area contributed by atoms with Crippen molar-refractivity contribution >= 4 is 36.4 Å². The van der Waals surface area contributed by atoms with Gasteiger partial charge in [-0.15, -0.1) is 24.8 Å². The Morgan fingerprint density at radius 1 is 1.37 bits per heavy atom. The molecule has 1 aromatic rings. The Hall–Kier alpha value is -0.970. The SMILES string of the molecule is Cl.Cl.NC(=O)c1ccccc1NCC1CCCNC1. The summed E-state index contributed by atoms with van der Waals surface area (Å²) in [6, 6.07) is 7.39. The van der Waals surface area contributed by atoms with Gasteiger partial charge in [0.2, 0.25) is 0 Å². The Kier molecular flexibility index (Phi) is 8.56. The van der Waals surface area contributed by atoms with Gasteiger partial charge in [-0.1, -0.05) is 12.1 Å². The zero-order chi connectivity index (χ0) is 12.1. The lowest BCUT2D eigenvalue weighted by Gasteiger charge is -2.23. The van der Waals surface area contributed by atoms with Gasteiger partial charge in [0.15, 0.2) is 0 Å².